The number of benzene rings is 2. The Morgan fingerprint density at radius 2 is 2.00 bits per heavy atom. The van der Waals surface area contributed by atoms with E-state index in [1.807, 2.05) is 0 Å². The molecule has 0 unspecified atom stereocenters. The van der Waals surface area contributed by atoms with Crippen LogP contribution in [0.15, 0.2) is 30.3 Å². The summed E-state index contributed by atoms with van der Waals surface area (Å²) in [5.41, 5.74) is 7.11. The summed E-state index contributed by atoms with van der Waals surface area (Å²) in [6.07, 6.45) is 0. The largest absolute Gasteiger partial charge is 0.454 e. The fourth-order valence-corrected chi connectivity index (χ4v) is 2.02. The number of nitro groups is 1. The summed E-state index contributed by atoms with van der Waals surface area (Å²) in [5.74, 6) is -0.0948. The Kier molecular flexibility index (Phi) is 4.18. The van der Waals surface area contributed by atoms with Crippen LogP contribution in [0.4, 0.5) is 10.1 Å². The molecule has 5 nitrogen and oxygen atoms in total. The molecule has 110 valence electrons. The van der Waals surface area contributed by atoms with Gasteiger partial charge in [-0.05, 0) is 31.5 Å². The maximum Gasteiger partial charge on any atom is 0.272 e. The Hall–Kier alpha value is -2.47. The first-order chi connectivity index (χ1) is 9.93. The van der Waals surface area contributed by atoms with Gasteiger partial charge in [0.25, 0.3) is 5.69 Å². The average Bonchev–Trinajstić information content (AvgIpc) is 2.44. The molecule has 0 aliphatic heterocycles. The molecule has 0 amide bonds. The van der Waals surface area contributed by atoms with E-state index < -0.39 is 10.7 Å². The smallest absolute Gasteiger partial charge is 0.272 e. The van der Waals surface area contributed by atoms with Crippen molar-refractivity contribution in [1.29, 1.82) is 0 Å². The van der Waals surface area contributed by atoms with Gasteiger partial charge in [0.2, 0.25) is 0 Å². The van der Waals surface area contributed by atoms with Crippen LogP contribution in [0.3, 0.4) is 0 Å². The van der Waals surface area contributed by atoms with Crippen molar-refractivity contribution < 1.29 is 14.1 Å². The molecule has 0 saturated carbocycles. The zero-order chi connectivity index (χ0) is 15.6. The van der Waals surface area contributed by atoms with Crippen molar-refractivity contribution in [3.05, 3.63) is 63.0 Å². The summed E-state index contributed by atoms with van der Waals surface area (Å²) in [7, 11) is 0. The lowest BCUT2D eigenvalue weighted by Gasteiger charge is -2.13. The molecule has 0 spiro atoms. The number of ether oxygens (including phenoxy) is 1. The minimum absolute atomic E-state index is 0.00688. The number of hydrogen-bond donors (Lipinski definition) is 1. The van der Waals surface area contributed by atoms with Gasteiger partial charge in [-0.2, -0.15) is 0 Å². The van der Waals surface area contributed by atoms with Crippen LogP contribution in [0, 0.1) is 29.8 Å². The highest BCUT2D eigenvalue weighted by Crippen LogP contribution is 2.33. The van der Waals surface area contributed by atoms with Crippen LogP contribution < -0.4 is 10.5 Å². The first-order valence-electron chi connectivity index (χ1n) is 6.35. The first kappa shape index (κ1) is 14.9. The van der Waals surface area contributed by atoms with E-state index in [1.165, 1.54) is 18.2 Å². The summed E-state index contributed by atoms with van der Waals surface area (Å²) in [6, 6.07) is 7.44. The topological polar surface area (TPSA) is 78.4 Å². The van der Waals surface area contributed by atoms with Crippen molar-refractivity contribution in [2.75, 3.05) is 0 Å². The zero-order valence-electron chi connectivity index (χ0n) is 11.7. The second kappa shape index (κ2) is 5.88. The standard InChI is InChI=1S/C15H15FN2O3/c1-9-7-14(10(2)6-13(9)18(19)20)21-15-11(8-17)4-3-5-12(15)16/h3-7H,8,17H2,1-2H3. The van der Waals surface area contributed by atoms with Gasteiger partial charge in [0.1, 0.15) is 5.75 Å². The molecule has 6 heteroatoms. The molecule has 0 aliphatic rings. The van der Waals surface area contributed by atoms with E-state index >= 15 is 0 Å². The number of nitro benzene ring substituents is 1. The van der Waals surface area contributed by atoms with E-state index in [0.29, 0.717) is 22.4 Å². The Labute approximate surface area is 121 Å². The van der Waals surface area contributed by atoms with Gasteiger partial charge < -0.3 is 10.5 Å². The molecular formula is C15H15FN2O3. The maximum absolute atomic E-state index is 13.9. The number of hydrogen-bond acceptors (Lipinski definition) is 4. The minimum Gasteiger partial charge on any atom is -0.454 e. The Morgan fingerprint density at radius 1 is 1.29 bits per heavy atom. The summed E-state index contributed by atoms with van der Waals surface area (Å²) in [5, 5.41) is 10.9. The lowest BCUT2D eigenvalue weighted by molar-refractivity contribution is -0.385. The van der Waals surface area contributed by atoms with Gasteiger partial charge in [-0.1, -0.05) is 12.1 Å². The van der Waals surface area contributed by atoms with E-state index in [4.69, 9.17) is 10.5 Å². The lowest BCUT2D eigenvalue weighted by atomic mass is 10.1. The van der Waals surface area contributed by atoms with Crippen molar-refractivity contribution in [2.24, 2.45) is 5.73 Å². The summed E-state index contributed by atoms with van der Waals surface area (Å²) < 4.78 is 19.5. The number of aryl methyl sites for hydroxylation is 2. The molecule has 2 rings (SSSR count). The Balaban J connectivity index is 2.46. The third kappa shape index (κ3) is 3.00. The molecule has 2 N–H and O–H groups in total. The molecule has 0 atom stereocenters. The van der Waals surface area contributed by atoms with Gasteiger partial charge in [0, 0.05) is 23.7 Å². The third-order valence-electron chi connectivity index (χ3n) is 3.17. The van der Waals surface area contributed by atoms with Crippen LogP contribution in [0.5, 0.6) is 11.5 Å². The number of rotatable bonds is 4. The van der Waals surface area contributed by atoms with Gasteiger partial charge in [-0.3, -0.25) is 10.1 Å². The second-order valence-electron chi connectivity index (χ2n) is 4.70. The number of nitrogens with zero attached hydrogens (tertiary/aromatic N) is 1. The predicted molar refractivity (Wildman–Crippen MR) is 76.9 cm³/mol. The van der Waals surface area contributed by atoms with Crippen LogP contribution >= 0.6 is 0 Å². The second-order valence-corrected chi connectivity index (χ2v) is 4.70. The van der Waals surface area contributed by atoms with Crippen molar-refractivity contribution in [3.8, 4) is 11.5 Å². The summed E-state index contributed by atoms with van der Waals surface area (Å²) in [6.45, 7) is 3.42. The molecule has 0 bridgehead atoms. The summed E-state index contributed by atoms with van der Waals surface area (Å²) in [4.78, 5) is 10.4. The molecule has 21 heavy (non-hydrogen) atoms. The van der Waals surface area contributed by atoms with Crippen molar-refractivity contribution in [3.63, 3.8) is 0 Å². The molecule has 0 saturated heterocycles. The zero-order valence-corrected chi connectivity index (χ0v) is 11.7. The highest BCUT2D eigenvalue weighted by molar-refractivity contribution is 5.51. The highest BCUT2D eigenvalue weighted by atomic mass is 19.1. The predicted octanol–water partition coefficient (Wildman–Crippen LogP) is 3.60. The van der Waals surface area contributed by atoms with Crippen LogP contribution in [0.25, 0.3) is 0 Å². The first-order valence-corrected chi connectivity index (χ1v) is 6.35. The molecule has 0 heterocycles. The molecule has 2 aromatic rings. The van der Waals surface area contributed by atoms with Gasteiger partial charge in [0.05, 0.1) is 4.92 Å². The normalized spacial score (nSPS) is 10.5. The van der Waals surface area contributed by atoms with E-state index in [0.717, 1.165) is 0 Å². The Bertz CT molecular complexity index is 702. The minimum atomic E-state index is -0.520. The van der Waals surface area contributed by atoms with Crippen LogP contribution in [-0.4, -0.2) is 4.92 Å². The SMILES string of the molecule is Cc1cc([N+](=O)[O-])c(C)cc1Oc1c(F)cccc1CN. The molecule has 0 aromatic heterocycles. The van der Waals surface area contributed by atoms with Crippen LogP contribution in [-0.2, 0) is 6.54 Å². The van der Waals surface area contributed by atoms with E-state index in [9.17, 15) is 14.5 Å². The van der Waals surface area contributed by atoms with Crippen molar-refractivity contribution in [2.45, 2.75) is 20.4 Å². The number of halogens is 1. The number of nitrogens with two attached hydrogens (primary N) is 1. The summed E-state index contributed by atoms with van der Waals surface area (Å²) >= 11 is 0. The third-order valence-corrected chi connectivity index (χ3v) is 3.17. The van der Waals surface area contributed by atoms with Crippen LogP contribution in [0.1, 0.15) is 16.7 Å². The molecular weight excluding hydrogens is 275 g/mol. The van der Waals surface area contributed by atoms with Gasteiger partial charge in [0.15, 0.2) is 11.6 Å². The van der Waals surface area contributed by atoms with E-state index in [-0.39, 0.29) is 18.0 Å². The fourth-order valence-electron chi connectivity index (χ4n) is 2.02. The quantitative estimate of drug-likeness (QED) is 0.689. The molecule has 0 fully saturated rings. The van der Waals surface area contributed by atoms with Gasteiger partial charge in [-0.25, -0.2) is 4.39 Å². The fraction of sp³-hybridized carbons (Fsp3) is 0.200. The monoisotopic (exact) mass is 290 g/mol. The van der Waals surface area contributed by atoms with E-state index in [1.54, 1.807) is 26.0 Å². The van der Waals surface area contributed by atoms with E-state index in [2.05, 4.69) is 0 Å². The highest BCUT2D eigenvalue weighted by Gasteiger charge is 2.16. The molecule has 2 aromatic carbocycles. The van der Waals surface area contributed by atoms with Gasteiger partial charge >= 0.3 is 0 Å². The molecule has 0 aliphatic carbocycles. The van der Waals surface area contributed by atoms with Crippen LogP contribution in [0.2, 0.25) is 0 Å². The Morgan fingerprint density at radius 3 is 2.62 bits per heavy atom. The average molecular weight is 290 g/mol. The maximum atomic E-state index is 13.9. The van der Waals surface area contributed by atoms with Crippen molar-refractivity contribution >= 4 is 5.69 Å². The van der Waals surface area contributed by atoms with Gasteiger partial charge in [-0.15, -0.1) is 0 Å². The number of para-hydroxylation sites is 1. The van der Waals surface area contributed by atoms with Crippen molar-refractivity contribution in [1.82, 2.24) is 0 Å². The molecule has 0 radical (unpaired) electrons. The lowest BCUT2D eigenvalue weighted by Crippen LogP contribution is -2.02.